The summed E-state index contributed by atoms with van der Waals surface area (Å²) in [6.45, 7) is 2.38. The summed E-state index contributed by atoms with van der Waals surface area (Å²) >= 11 is 0. The molecule has 0 saturated heterocycles. The number of rotatable bonds is 0. The third-order valence-electron chi connectivity index (χ3n) is 4.23. The Morgan fingerprint density at radius 2 is 1.60 bits per heavy atom. The van der Waals surface area contributed by atoms with E-state index in [2.05, 4.69) is 19.1 Å². The first-order chi connectivity index (χ1) is 7.34. The smallest absolute Gasteiger partial charge is 0.0184 e. The predicted octanol–water partition coefficient (Wildman–Crippen LogP) is 4.01. The standard InChI is InChI=1S/C15H20/c1-11-7-8-14-9-12-5-3-2-4-6-13(12)10-15(11)14/h9-11H,2-8H2,1H3. The Morgan fingerprint density at radius 3 is 2.40 bits per heavy atom. The zero-order chi connectivity index (χ0) is 10.3. The topological polar surface area (TPSA) is 0 Å². The Balaban J connectivity index is 2.06. The van der Waals surface area contributed by atoms with E-state index in [4.69, 9.17) is 0 Å². The first-order valence-corrected chi connectivity index (χ1v) is 6.49. The molecule has 1 aromatic carbocycles. The van der Waals surface area contributed by atoms with Crippen molar-refractivity contribution in [2.75, 3.05) is 0 Å². The molecule has 2 aliphatic carbocycles. The minimum atomic E-state index is 0.813. The van der Waals surface area contributed by atoms with E-state index in [9.17, 15) is 0 Å². The van der Waals surface area contributed by atoms with E-state index in [1.54, 1.807) is 22.3 Å². The summed E-state index contributed by atoms with van der Waals surface area (Å²) in [5.41, 5.74) is 6.65. The van der Waals surface area contributed by atoms with E-state index >= 15 is 0 Å². The fraction of sp³-hybridized carbons (Fsp3) is 0.600. The normalized spacial score (nSPS) is 24.5. The van der Waals surface area contributed by atoms with Gasteiger partial charge in [-0.2, -0.15) is 0 Å². The molecule has 0 aromatic heterocycles. The highest BCUT2D eigenvalue weighted by molar-refractivity contribution is 5.43. The maximum absolute atomic E-state index is 2.54. The van der Waals surface area contributed by atoms with Crippen molar-refractivity contribution in [3.63, 3.8) is 0 Å². The third kappa shape index (κ3) is 1.60. The lowest BCUT2D eigenvalue weighted by atomic mass is 9.94. The molecule has 1 unspecified atom stereocenters. The van der Waals surface area contributed by atoms with Crippen molar-refractivity contribution in [1.82, 2.24) is 0 Å². The number of hydrogen-bond acceptors (Lipinski definition) is 0. The summed E-state index contributed by atoms with van der Waals surface area (Å²) in [6.07, 6.45) is 9.59. The zero-order valence-corrected chi connectivity index (χ0v) is 9.68. The average molecular weight is 200 g/mol. The van der Waals surface area contributed by atoms with Crippen LogP contribution in [0.2, 0.25) is 0 Å². The third-order valence-corrected chi connectivity index (χ3v) is 4.23. The van der Waals surface area contributed by atoms with Crippen LogP contribution < -0.4 is 0 Å². The first-order valence-electron chi connectivity index (χ1n) is 6.49. The van der Waals surface area contributed by atoms with Crippen molar-refractivity contribution in [1.29, 1.82) is 0 Å². The van der Waals surface area contributed by atoms with E-state index < -0.39 is 0 Å². The van der Waals surface area contributed by atoms with Gasteiger partial charge in [0.15, 0.2) is 0 Å². The fourth-order valence-electron chi connectivity index (χ4n) is 3.24. The fourth-order valence-corrected chi connectivity index (χ4v) is 3.24. The van der Waals surface area contributed by atoms with Crippen molar-refractivity contribution in [3.05, 3.63) is 34.4 Å². The largest absolute Gasteiger partial charge is 0.0584 e. The van der Waals surface area contributed by atoms with Gasteiger partial charge in [-0.05, 0) is 66.7 Å². The first kappa shape index (κ1) is 9.45. The monoisotopic (exact) mass is 200 g/mol. The summed E-state index contributed by atoms with van der Waals surface area (Å²) < 4.78 is 0. The highest BCUT2D eigenvalue weighted by Gasteiger charge is 2.21. The van der Waals surface area contributed by atoms with Gasteiger partial charge in [-0.3, -0.25) is 0 Å². The van der Waals surface area contributed by atoms with Crippen LogP contribution in [-0.4, -0.2) is 0 Å². The number of aryl methyl sites for hydroxylation is 3. The van der Waals surface area contributed by atoms with Crippen LogP contribution in [0.3, 0.4) is 0 Å². The molecule has 1 aromatic rings. The predicted molar refractivity (Wildman–Crippen MR) is 64.4 cm³/mol. The molecule has 0 heterocycles. The van der Waals surface area contributed by atoms with Crippen LogP contribution in [-0.2, 0) is 19.3 Å². The molecule has 15 heavy (non-hydrogen) atoms. The van der Waals surface area contributed by atoms with Gasteiger partial charge in [0.05, 0.1) is 0 Å². The van der Waals surface area contributed by atoms with Gasteiger partial charge in [0.25, 0.3) is 0 Å². The Bertz CT molecular complexity index is 376. The number of fused-ring (bicyclic) bond motifs is 2. The highest BCUT2D eigenvalue weighted by atomic mass is 14.3. The summed E-state index contributed by atoms with van der Waals surface area (Å²) in [4.78, 5) is 0. The zero-order valence-electron chi connectivity index (χ0n) is 9.68. The van der Waals surface area contributed by atoms with Gasteiger partial charge >= 0.3 is 0 Å². The van der Waals surface area contributed by atoms with E-state index in [0.29, 0.717) is 0 Å². The van der Waals surface area contributed by atoms with Crippen LogP contribution in [0.25, 0.3) is 0 Å². The molecule has 1 atom stereocenters. The SMILES string of the molecule is CC1CCc2cc3c(cc21)CCCCC3. The maximum Gasteiger partial charge on any atom is -0.0184 e. The Kier molecular flexibility index (Phi) is 2.31. The van der Waals surface area contributed by atoms with Crippen LogP contribution in [0.4, 0.5) is 0 Å². The van der Waals surface area contributed by atoms with E-state index in [0.717, 1.165) is 5.92 Å². The van der Waals surface area contributed by atoms with Crippen LogP contribution >= 0.6 is 0 Å². The second-order valence-corrected chi connectivity index (χ2v) is 5.32. The molecular weight excluding hydrogens is 180 g/mol. The van der Waals surface area contributed by atoms with E-state index in [-0.39, 0.29) is 0 Å². The van der Waals surface area contributed by atoms with Gasteiger partial charge in [0.1, 0.15) is 0 Å². The van der Waals surface area contributed by atoms with Crippen molar-refractivity contribution < 1.29 is 0 Å². The van der Waals surface area contributed by atoms with Gasteiger partial charge in [-0.25, -0.2) is 0 Å². The molecule has 0 saturated carbocycles. The molecule has 2 aliphatic rings. The van der Waals surface area contributed by atoms with Crippen molar-refractivity contribution in [2.24, 2.45) is 0 Å². The van der Waals surface area contributed by atoms with Crippen LogP contribution in [0.5, 0.6) is 0 Å². The lowest BCUT2D eigenvalue weighted by Gasteiger charge is -2.11. The number of benzene rings is 1. The Labute approximate surface area is 92.7 Å². The van der Waals surface area contributed by atoms with Crippen molar-refractivity contribution >= 4 is 0 Å². The second-order valence-electron chi connectivity index (χ2n) is 5.32. The van der Waals surface area contributed by atoms with Gasteiger partial charge in [-0.15, -0.1) is 0 Å². The molecule has 3 rings (SSSR count). The minimum Gasteiger partial charge on any atom is -0.0584 e. The minimum absolute atomic E-state index is 0.813. The molecule has 0 N–H and O–H groups in total. The van der Waals surface area contributed by atoms with Gasteiger partial charge in [0.2, 0.25) is 0 Å². The van der Waals surface area contributed by atoms with Gasteiger partial charge < -0.3 is 0 Å². The quantitative estimate of drug-likeness (QED) is 0.555. The summed E-state index contributed by atoms with van der Waals surface area (Å²) in [5.74, 6) is 0.813. The Morgan fingerprint density at radius 1 is 0.867 bits per heavy atom. The lowest BCUT2D eigenvalue weighted by molar-refractivity contribution is 0.710. The average Bonchev–Trinajstić information content (AvgIpc) is 2.49. The van der Waals surface area contributed by atoms with Crippen molar-refractivity contribution in [2.45, 2.75) is 57.8 Å². The molecule has 0 spiro atoms. The summed E-state index contributed by atoms with van der Waals surface area (Å²) in [5, 5.41) is 0. The van der Waals surface area contributed by atoms with Crippen LogP contribution in [0.15, 0.2) is 12.1 Å². The molecule has 0 radical (unpaired) electrons. The van der Waals surface area contributed by atoms with Crippen LogP contribution in [0, 0.1) is 0 Å². The summed E-state index contributed by atoms with van der Waals surface area (Å²) in [7, 11) is 0. The van der Waals surface area contributed by atoms with Crippen molar-refractivity contribution in [3.8, 4) is 0 Å². The number of hydrogen-bond donors (Lipinski definition) is 0. The maximum atomic E-state index is 2.54. The van der Waals surface area contributed by atoms with E-state index in [1.807, 2.05) is 0 Å². The Hall–Kier alpha value is -0.780. The second kappa shape index (κ2) is 3.66. The molecule has 0 fully saturated rings. The lowest BCUT2D eigenvalue weighted by Crippen LogP contribution is -1.96. The highest BCUT2D eigenvalue weighted by Crippen LogP contribution is 2.36. The molecule has 80 valence electrons. The molecule has 0 nitrogen and oxygen atoms in total. The molecule has 0 amide bonds. The van der Waals surface area contributed by atoms with Gasteiger partial charge in [-0.1, -0.05) is 25.5 Å². The van der Waals surface area contributed by atoms with E-state index in [1.165, 1.54) is 44.9 Å². The molecule has 0 bridgehead atoms. The molecular formula is C15H20. The molecule has 0 heteroatoms. The summed E-state index contributed by atoms with van der Waals surface area (Å²) in [6, 6.07) is 5.06. The molecule has 0 aliphatic heterocycles. The van der Waals surface area contributed by atoms with Crippen LogP contribution in [0.1, 0.15) is 60.8 Å². The van der Waals surface area contributed by atoms with Gasteiger partial charge in [0, 0.05) is 0 Å².